The van der Waals surface area contributed by atoms with Crippen LogP contribution in [0.2, 0.25) is 0 Å². The monoisotopic (exact) mass is 307 g/mol. The Morgan fingerprint density at radius 3 is 2.25 bits per heavy atom. The van der Waals surface area contributed by atoms with E-state index in [2.05, 4.69) is 53.5 Å². The van der Waals surface area contributed by atoms with Crippen LogP contribution < -0.4 is 0 Å². The number of hydrogen-bond donors (Lipinski definition) is 2. The maximum absolute atomic E-state index is 10.7. The molecule has 4 aromatic carbocycles. The van der Waals surface area contributed by atoms with E-state index in [1.807, 2.05) is 12.1 Å². The first-order valence-corrected chi connectivity index (χ1v) is 8.12. The molecule has 1 heterocycles. The number of H-pyrrole nitrogens is 1. The van der Waals surface area contributed by atoms with E-state index in [0.717, 1.165) is 32.9 Å². The molecule has 2 N–H and O–H groups in total. The number of nitrogens with one attached hydrogen (secondary N) is 1. The van der Waals surface area contributed by atoms with Gasteiger partial charge in [0.1, 0.15) is 5.75 Å². The highest BCUT2D eigenvalue weighted by Crippen LogP contribution is 2.50. The molecule has 0 aliphatic heterocycles. The van der Waals surface area contributed by atoms with Crippen molar-refractivity contribution in [2.24, 2.45) is 0 Å². The van der Waals surface area contributed by atoms with E-state index in [1.165, 1.54) is 21.9 Å². The molecule has 0 radical (unpaired) electrons. The molecule has 0 amide bonds. The van der Waals surface area contributed by atoms with Crippen LogP contribution in [0.3, 0.4) is 0 Å². The third-order valence-electron chi connectivity index (χ3n) is 5.23. The summed E-state index contributed by atoms with van der Waals surface area (Å²) in [6.45, 7) is 0. The minimum atomic E-state index is 0.338. The van der Waals surface area contributed by atoms with Crippen molar-refractivity contribution in [2.75, 3.05) is 0 Å². The lowest BCUT2D eigenvalue weighted by Crippen LogP contribution is -1.86. The summed E-state index contributed by atoms with van der Waals surface area (Å²) in [6, 6.07) is 22.8. The average molecular weight is 307 g/mol. The van der Waals surface area contributed by atoms with Gasteiger partial charge in [0.05, 0.1) is 0 Å². The highest BCUT2D eigenvalue weighted by Gasteiger charge is 2.23. The minimum absolute atomic E-state index is 0.338. The molecule has 0 atom stereocenters. The molecule has 1 aliphatic rings. The normalized spacial score (nSPS) is 12.3. The van der Waals surface area contributed by atoms with Gasteiger partial charge in [0.15, 0.2) is 0 Å². The van der Waals surface area contributed by atoms with Gasteiger partial charge in [-0.15, -0.1) is 0 Å². The lowest BCUT2D eigenvalue weighted by atomic mass is 9.93. The molecule has 112 valence electrons. The predicted octanol–water partition coefficient (Wildman–Crippen LogP) is 5.83. The first-order chi connectivity index (χ1) is 11.8. The second-order valence-corrected chi connectivity index (χ2v) is 6.44. The molecule has 6 rings (SSSR count). The minimum Gasteiger partial charge on any atom is -0.507 e. The van der Waals surface area contributed by atoms with E-state index in [1.54, 1.807) is 6.07 Å². The fraction of sp³-hybridized carbons (Fsp3) is 0. The zero-order valence-electron chi connectivity index (χ0n) is 12.8. The number of fused-ring (bicyclic) bond motifs is 3. The lowest BCUT2D eigenvalue weighted by Gasteiger charge is -2.12. The molecule has 2 nitrogen and oxygen atoms in total. The first kappa shape index (κ1) is 12.2. The molecular formula is C22H13NO. The summed E-state index contributed by atoms with van der Waals surface area (Å²) in [6.07, 6.45) is 0. The SMILES string of the molecule is Oc1ccc2ccc3[nH]c4cccc5c4c3c2c1-c1ccccc1-5. The molecule has 0 bridgehead atoms. The van der Waals surface area contributed by atoms with Crippen LogP contribution in [0.4, 0.5) is 0 Å². The Bertz CT molecular complexity index is 1310. The maximum Gasteiger partial charge on any atom is 0.124 e. The molecule has 24 heavy (non-hydrogen) atoms. The number of rotatable bonds is 0. The van der Waals surface area contributed by atoms with Gasteiger partial charge >= 0.3 is 0 Å². The number of benzene rings is 4. The molecule has 1 aromatic heterocycles. The van der Waals surface area contributed by atoms with Crippen molar-refractivity contribution >= 4 is 32.6 Å². The van der Waals surface area contributed by atoms with Gasteiger partial charge in [0, 0.05) is 32.8 Å². The number of aromatic hydroxyl groups is 1. The van der Waals surface area contributed by atoms with Crippen molar-refractivity contribution in [3.8, 4) is 28.0 Å². The van der Waals surface area contributed by atoms with Crippen LogP contribution in [0.25, 0.3) is 54.8 Å². The molecule has 0 saturated heterocycles. The zero-order valence-corrected chi connectivity index (χ0v) is 12.8. The Hall–Kier alpha value is -3.26. The highest BCUT2D eigenvalue weighted by molar-refractivity contribution is 6.30. The summed E-state index contributed by atoms with van der Waals surface area (Å²) in [4.78, 5) is 3.54. The van der Waals surface area contributed by atoms with Crippen LogP contribution in [-0.2, 0) is 0 Å². The molecule has 0 fully saturated rings. The summed E-state index contributed by atoms with van der Waals surface area (Å²) < 4.78 is 0. The van der Waals surface area contributed by atoms with Crippen molar-refractivity contribution in [1.82, 2.24) is 4.98 Å². The van der Waals surface area contributed by atoms with Crippen LogP contribution in [0.5, 0.6) is 5.75 Å². The summed E-state index contributed by atoms with van der Waals surface area (Å²) in [5.74, 6) is 0.338. The number of phenolic OH excluding ortho intramolecular Hbond substituents is 1. The molecule has 5 aromatic rings. The van der Waals surface area contributed by atoms with Crippen molar-refractivity contribution in [1.29, 1.82) is 0 Å². The van der Waals surface area contributed by atoms with Gasteiger partial charge in [-0.2, -0.15) is 0 Å². The predicted molar refractivity (Wildman–Crippen MR) is 99.4 cm³/mol. The third kappa shape index (κ3) is 1.29. The van der Waals surface area contributed by atoms with Gasteiger partial charge in [-0.3, -0.25) is 0 Å². The third-order valence-corrected chi connectivity index (χ3v) is 5.23. The van der Waals surface area contributed by atoms with E-state index >= 15 is 0 Å². The number of aromatic amines is 1. The van der Waals surface area contributed by atoms with Gasteiger partial charge in [-0.25, -0.2) is 0 Å². The molecular weight excluding hydrogens is 294 g/mol. The fourth-order valence-electron chi connectivity index (χ4n) is 4.27. The van der Waals surface area contributed by atoms with Crippen LogP contribution >= 0.6 is 0 Å². The van der Waals surface area contributed by atoms with Gasteiger partial charge in [-0.05, 0) is 40.3 Å². The van der Waals surface area contributed by atoms with Crippen LogP contribution in [-0.4, -0.2) is 10.1 Å². The molecule has 0 saturated carbocycles. The van der Waals surface area contributed by atoms with Crippen molar-refractivity contribution in [3.05, 3.63) is 66.7 Å². The van der Waals surface area contributed by atoms with Gasteiger partial charge in [-0.1, -0.05) is 48.5 Å². The Kier molecular flexibility index (Phi) is 2.02. The van der Waals surface area contributed by atoms with E-state index < -0.39 is 0 Å². The van der Waals surface area contributed by atoms with Gasteiger partial charge < -0.3 is 10.1 Å². The maximum atomic E-state index is 10.7. The van der Waals surface area contributed by atoms with Gasteiger partial charge in [0.2, 0.25) is 0 Å². The second-order valence-electron chi connectivity index (χ2n) is 6.44. The molecule has 1 aliphatic carbocycles. The van der Waals surface area contributed by atoms with Crippen LogP contribution in [0.1, 0.15) is 0 Å². The Morgan fingerprint density at radius 2 is 1.33 bits per heavy atom. The quantitative estimate of drug-likeness (QED) is 0.364. The largest absolute Gasteiger partial charge is 0.507 e. The van der Waals surface area contributed by atoms with Crippen molar-refractivity contribution in [2.45, 2.75) is 0 Å². The average Bonchev–Trinajstić information content (AvgIpc) is 2.94. The van der Waals surface area contributed by atoms with E-state index in [4.69, 9.17) is 0 Å². The standard InChI is InChI=1S/C22H13NO/c24-18-11-9-12-8-10-17-22-19(12)21(18)15-5-2-1-4-13(15)14-6-3-7-16(23-17)20(14)22/h1-11,23-24H. The molecule has 0 unspecified atom stereocenters. The number of hydrogen-bond acceptors (Lipinski definition) is 1. The molecule has 2 heteroatoms. The summed E-state index contributed by atoms with van der Waals surface area (Å²) in [7, 11) is 0. The van der Waals surface area contributed by atoms with Crippen molar-refractivity contribution < 1.29 is 5.11 Å². The summed E-state index contributed by atoms with van der Waals surface area (Å²) in [5, 5.41) is 15.4. The number of phenols is 1. The smallest absolute Gasteiger partial charge is 0.124 e. The zero-order chi connectivity index (χ0) is 15.8. The van der Waals surface area contributed by atoms with Crippen molar-refractivity contribution in [3.63, 3.8) is 0 Å². The summed E-state index contributed by atoms with van der Waals surface area (Å²) in [5.41, 5.74) is 6.67. The Morgan fingerprint density at radius 1 is 0.583 bits per heavy atom. The molecule has 0 spiro atoms. The topological polar surface area (TPSA) is 36.0 Å². The van der Waals surface area contributed by atoms with E-state index in [-0.39, 0.29) is 0 Å². The first-order valence-electron chi connectivity index (χ1n) is 8.12. The van der Waals surface area contributed by atoms with E-state index in [0.29, 0.717) is 5.75 Å². The fourth-order valence-corrected chi connectivity index (χ4v) is 4.27. The summed E-state index contributed by atoms with van der Waals surface area (Å²) >= 11 is 0. The van der Waals surface area contributed by atoms with Gasteiger partial charge in [0.25, 0.3) is 0 Å². The number of aromatic nitrogens is 1. The lowest BCUT2D eigenvalue weighted by molar-refractivity contribution is 0.478. The van der Waals surface area contributed by atoms with E-state index in [9.17, 15) is 5.11 Å². The van der Waals surface area contributed by atoms with Crippen LogP contribution in [0.15, 0.2) is 66.7 Å². The van der Waals surface area contributed by atoms with Crippen LogP contribution in [0, 0.1) is 0 Å². The Labute approximate surface area is 138 Å². The second kappa shape index (κ2) is 3.98. The highest BCUT2D eigenvalue weighted by atomic mass is 16.3. The Balaban J connectivity index is 2.09.